The van der Waals surface area contributed by atoms with E-state index >= 15 is 0 Å². The van der Waals surface area contributed by atoms with Crippen LogP contribution in [0.4, 0.5) is 0 Å². The van der Waals surface area contributed by atoms with Crippen molar-refractivity contribution in [3.8, 4) is 0 Å². The van der Waals surface area contributed by atoms with E-state index in [-0.39, 0.29) is 12.5 Å². The predicted molar refractivity (Wildman–Crippen MR) is 86.7 cm³/mol. The molecule has 0 radical (unpaired) electrons. The summed E-state index contributed by atoms with van der Waals surface area (Å²) in [6.45, 7) is 0.187. The van der Waals surface area contributed by atoms with Crippen LogP contribution in [-0.2, 0) is 7.05 Å². The molecule has 1 unspecified atom stereocenters. The number of hydrogen-bond donors (Lipinski definition) is 2. The number of amides is 1. The molecule has 1 heterocycles. The lowest BCUT2D eigenvalue weighted by molar-refractivity contribution is 0.0916. The van der Waals surface area contributed by atoms with Gasteiger partial charge in [-0.25, -0.2) is 0 Å². The van der Waals surface area contributed by atoms with Gasteiger partial charge in [-0.15, -0.1) is 0 Å². The first-order valence-electron chi connectivity index (χ1n) is 7.21. The lowest BCUT2D eigenvalue weighted by Crippen LogP contribution is -2.28. The number of aromatic nitrogens is 1. The highest BCUT2D eigenvalue weighted by Gasteiger charge is 2.11. The average Bonchev–Trinajstić information content (AvgIpc) is 2.93. The Bertz CT molecular complexity index is 793. The standard InChI is InChI=1S/C18H18N2O2/c1-20-10-9-14-11-15(7-8-16(14)20)17(21)12-19-18(22)13-5-3-2-4-6-13/h2-11,17,21H,12H2,1H3,(H,19,22). The Kier molecular flexibility index (Phi) is 3.94. The molecule has 0 fully saturated rings. The van der Waals surface area contributed by atoms with Crippen molar-refractivity contribution in [1.29, 1.82) is 0 Å². The lowest BCUT2D eigenvalue weighted by atomic mass is 10.1. The number of fused-ring (bicyclic) bond motifs is 1. The molecule has 1 amide bonds. The molecule has 0 bridgehead atoms. The first-order valence-corrected chi connectivity index (χ1v) is 7.21. The topological polar surface area (TPSA) is 54.3 Å². The zero-order chi connectivity index (χ0) is 15.5. The number of aliphatic hydroxyl groups is 1. The number of rotatable bonds is 4. The van der Waals surface area contributed by atoms with Gasteiger partial charge >= 0.3 is 0 Å². The minimum Gasteiger partial charge on any atom is -0.387 e. The maximum atomic E-state index is 12.0. The van der Waals surface area contributed by atoms with Gasteiger partial charge in [0.25, 0.3) is 5.91 Å². The third-order valence-electron chi connectivity index (χ3n) is 3.79. The van der Waals surface area contributed by atoms with Crippen LogP contribution >= 0.6 is 0 Å². The van der Waals surface area contributed by atoms with Crippen molar-refractivity contribution >= 4 is 16.8 Å². The number of carbonyl (C=O) groups excluding carboxylic acids is 1. The Morgan fingerprint density at radius 1 is 1.18 bits per heavy atom. The largest absolute Gasteiger partial charge is 0.387 e. The molecule has 22 heavy (non-hydrogen) atoms. The fourth-order valence-corrected chi connectivity index (χ4v) is 2.51. The summed E-state index contributed by atoms with van der Waals surface area (Å²) in [4.78, 5) is 12.0. The summed E-state index contributed by atoms with van der Waals surface area (Å²) in [5, 5.41) is 14.1. The smallest absolute Gasteiger partial charge is 0.251 e. The Morgan fingerprint density at radius 3 is 2.73 bits per heavy atom. The summed E-state index contributed by atoms with van der Waals surface area (Å²) in [6.07, 6.45) is 1.26. The Hall–Kier alpha value is -2.59. The molecule has 4 heteroatoms. The summed E-state index contributed by atoms with van der Waals surface area (Å²) in [5.41, 5.74) is 2.50. The third kappa shape index (κ3) is 2.87. The van der Waals surface area contributed by atoms with E-state index in [0.717, 1.165) is 16.5 Å². The fraction of sp³-hybridized carbons (Fsp3) is 0.167. The number of benzene rings is 2. The molecule has 2 N–H and O–H groups in total. The number of nitrogens with one attached hydrogen (secondary N) is 1. The molecular formula is C18H18N2O2. The number of aryl methyl sites for hydroxylation is 1. The normalized spacial score (nSPS) is 12.3. The van der Waals surface area contributed by atoms with Gasteiger partial charge in [0.1, 0.15) is 0 Å². The zero-order valence-electron chi connectivity index (χ0n) is 12.4. The molecule has 0 spiro atoms. The van der Waals surface area contributed by atoms with Crippen molar-refractivity contribution in [2.75, 3.05) is 6.54 Å². The van der Waals surface area contributed by atoms with Gasteiger partial charge in [-0.3, -0.25) is 4.79 Å². The van der Waals surface area contributed by atoms with Crippen molar-refractivity contribution in [2.45, 2.75) is 6.10 Å². The number of carbonyl (C=O) groups is 1. The van der Waals surface area contributed by atoms with E-state index in [4.69, 9.17) is 0 Å². The lowest BCUT2D eigenvalue weighted by Gasteiger charge is -2.13. The molecule has 3 aromatic rings. The van der Waals surface area contributed by atoms with Crippen molar-refractivity contribution in [1.82, 2.24) is 9.88 Å². The minimum atomic E-state index is -0.725. The van der Waals surface area contributed by atoms with Gasteiger partial charge in [0.2, 0.25) is 0 Å². The Balaban J connectivity index is 1.68. The minimum absolute atomic E-state index is 0.180. The summed E-state index contributed by atoms with van der Waals surface area (Å²) in [6, 6.07) is 16.8. The van der Waals surface area contributed by atoms with Crippen molar-refractivity contribution in [3.05, 3.63) is 71.9 Å². The average molecular weight is 294 g/mol. The van der Waals surface area contributed by atoms with Gasteiger partial charge in [-0.1, -0.05) is 24.3 Å². The van der Waals surface area contributed by atoms with Crippen molar-refractivity contribution in [2.24, 2.45) is 7.05 Å². The van der Waals surface area contributed by atoms with Crippen LogP contribution in [0.15, 0.2) is 60.8 Å². The van der Waals surface area contributed by atoms with Crippen LogP contribution < -0.4 is 5.32 Å². The first kappa shape index (κ1) is 14.4. The molecule has 0 aliphatic heterocycles. The van der Waals surface area contributed by atoms with Crippen LogP contribution in [0.25, 0.3) is 10.9 Å². The maximum absolute atomic E-state index is 12.0. The molecule has 0 aliphatic rings. The van der Waals surface area contributed by atoms with E-state index in [0.29, 0.717) is 5.56 Å². The predicted octanol–water partition coefficient (Wildman–Crippen LogP) is 2.64. The second-order valence-electron chi connectivity index (χ2n) is 5.34. The van der Waals surface area contributed by atoms with E-state index in [1.807, 2.05) is 60.3 Å². The molecule has 112 valence electrons. The molecule has 1 aromatic heterocycles. The highest BCUT2D eigenvalue weighted by atomic mass is 16.3. The van der Waals surface area contributed by atoms with Gasteiger partial charge in [-0.05, 0) is 41.3 Å². The van der Waals surface area contributed by atoms with E-state index in [9.17, 15) is 9.90 Å². The van der Waals surface area contributed by atoms with Crippen LogP contribution in [0.2, 0.25) is 0 Å². The van der Waals surface area contributed by atoms with Gasteiger partial charge in [0.15, 0.2) is 0 Å². The molecule has 3 rings (SSSR count). The van der Waals surface area contributed by atoms with Gasteiger partial charge in [-0.2, -0.15) is 0 Å². The van der Waals surface area contributed by atoms with Crippen LogP contribution in [0.5, 0.6) is 0 Å². The quantitative estimate of drug-likeness (QED) is 0.777. The highest BCUT2D eigenvalue weighted by molar-refractivity contribution is 5.94. The number of nitrogens with zero attached hydrogens (tertiary/aromatic N) is 1. The van der Waals surface area contributed by atoms with E-state index in [1.165, 1.54) is 0 Å². The zero-order valence-corrected chi connectivity index (χ0v) is 12.4. The van der Waals surface area contributed by atoms with Crippen molar-refractivity contribution < 1.29 is 9.90 Å². The van der Waals surface area contributed by atoms with Crippen molar-refractivity contribution in [3.63, 3.8) is 0 Å². The van der Waals surface area contributed by atoms with Gasteiger partial charge in [0, 0.05) is 30.9 Å². The molecular weight excluding hydrogens is 276 g/mol. The molecule has 2 aromatic carbocycles. The molecule has 0 saturated carbocycles. The first-order chi connectivity index (χ1) is 10.6. The number of hydrogen-bond acceptors (Lipinski definition) is 2. The SMILES string of the molecule is Cn1ccc2cc(C(O)CNC(=O)c3ccccc3)ccc21. The van der Waals surface area contributed by atoms with Crippen LogP contribution in [-0.4, -0.2) is 22.1 Å². The Morgan fingerprint density at radius 2 is 1.95 bits per heavy atom. The van der Waals surface area contributed by atoms with Crippen LogP contribution in [0.3, 0.4) is 0 Å². The fourth-order valence-electron chi connectivity index (χ4n) is 2.51. The van der Waals surface area contributed by atoms with E-state index in [2.05, 4.69) is 5.32 Å². The second kappa shape index (κ2) is 6.03. The molecule has 0 saturated heterocycles. The molecule has 0 aliphatic carbocycles. The summed E-state index contributed by atoms with van der Waals surface area (Å²) >= 11 is 0. The molecule has 1 atom stereocenters. The van der Waals surface area contributed by atoms with Gasteiger partial charge < -0.3 is 15.0 Å². The summed E-state index contributed by atoms with van der Waals surface area (Å²) < 4.78 is 2.03. The van der Waals surface area contributed by atoms with Crippen LogP contribution in [0, 0.1) is 0 Å². The summed E-state index contributed by atoms with van der Waals surface area (Å²) in [7, 11) is 1.98. The second-order valence-corrected chi connectivity index (χ2v) is 5.34. The molecule has 4 nitrogen and oxygen atoms in total. The number of aliphatic hydroxyl groups excluding tert-OH is 1. The maximum Gasteiger partial charge on any atom is 0.251 e. The van der Waals surface area contributed by atoms with E-state index < -0.39 is 6.10 Å². The monoisotopic (exact) mass is 294 g/mol. The van der Waals surface area contributed by atoms with E-state index in [1.54, 1.807) is 12.1 Å². The van der Waals surface area contributed by atoms with Gasteiger partial charge in [0.05, 0.1) is 6.10 Å². The third-order valence-corrected chi connectivity index (χ3v) is 3.79. The Labute approximate surface area is 129 Å². The summed E-state index contributed by atoms with van der Waals surface area (Å²) in [5.74, 6) is -0.180. The highest BCUT2D eigenvalue weighted by Crippen LogP contribution is 2.20. The van der Waals surface area contributed by atoms with Crippen LogP contribution in [0.1, 0.15) is 22.0 Å².